The lowest BCUT2D eigenvalue weighted by molar-refractivity contribution is -0.305. The molecule has 1 aliphatic heterocycles. The Bertz CT molecular complexity index is 1230. The summed E-state index contributed by atoms with van der Waals surface area (Å²) in [5.74, 6) is -0.839. The van der Waals surface area contributed by atoms with Gasteiger partial charge >= 0.3 is 11.9 Å². The second kappa shape index (κ2) is 44.2. The molecule has 1 rings (SSSR count). The van der Waals surface area contributed by atoms with Crippen molar-refractivity contribution >= 4 is 11.9 Å². The van der Waals surface area contributed by atoms with Crippen molar-refractivity contribution in [3.05, 3.63) is 60.8 Å². The number of hydrogen-bond donors (Lipinski definition) is 4. The molecular weight excluding hydrogens is 809 g/mol. The Hall–Kier alpha value is -2.60. The fraction of sp³-hybridized carbons (Fsp3) is 0.778. The van der Waals surface area contributed by atoms with E-state index < -0.39 is 49.4 Å². The van der Waals surface area contributed by atoms with Gasteiger partial charge in [0.15, 0.2) is 12.4 Å². The third-order valence-electron chi connectivity index (χ3n) is 11.7. The first-order valence-electron chi connectivity index (χ1n) is 25.9. The number of esters is 2. The normalized spacial score (nSPS) is 19.9. The number of aliphatic hydroxyl groups is 4. The van der Waals surface area contributed by atoms with Crippen LogP contribution in [0.3, 0.4) is 0 Å². The predicted molar refractivity (Wildman–Crippen MR) is 261 cm³/mol. The molecule has 0 aromatic heterocycles. The van der Waals surface area contributed by atoms with E-state index in [-0.39, 0.29) is 32.0 Å². The highest BCUT2D eigenvalue weighted by atomic mass is 16.7. The minimum atomic E-state index is -1.60. The van der Waals surface area contributed by atoms with Crippen molar-refractivity contribution in [1.82, 2.24) is 0 Å². The third kappa shape index (κ3) is 34.7. The molecule has 1 fully saturated rings. The fourth-order valence-electron chi connectivity index (χ4n) is 7.63. The summed E-state index contributed by atoms with van der Waals surface area (Å²) in [5.41, 5.74) is 0. The summed E-state index contributed by atoms with van der Waals surface area (Å²) < 4.78 is 22.2. The maximum absolute atomic E-state index is 12.8. The van der Waals surface area contributed by atoms with Gasteiger partial charge in [0.05, 0.1) is 13.2 Å². The maximum atomic E-state index is 12.8. The van der Waals surface area contributed by atoms with Crippen LogP contribution in [-0.4, -0.2) is 89.0 Å². The van der Waals surface area contributed by atoms with E-state index in [2.05, 4.69) is 74.6 Å². The van der Waals surface area contributed by atoms with Crippen molar-refractivity contribution in [1.29, 1.82) is 0 Å². The fourth-order valence-corrected chi connectivity index (χ4v) is 7.63. The minimum Gasteiger partial charge on any atom is -0.462 e. The third-order valence-corrected chi connectivity index (χ3v) is 11.7. The van der Waals surface area contributed by atoms with E-state index >= 15 is 0 Å². The largest absolute Gasteiger partial charge is 0.462 e. The van der Waals surface area contributed by atoms with Crippen LogP contribution in [0.15, 0.2) is 60.8 Å². The molecule has 0 spiro atoms. The van der Waals surface area contributed by atoms with Crippen LogP contribution in [0.2, 0.25) is 0 Å². The van der Waals surface area contributed by atoms with E-state index in [4.69, 9.17) is 18.9 Å². The monoisotopic (exact) mass is 903 g/mol. The summed E-state index contributed by atoms with van der Waals surface area (Å²) in [6.45, 7) is 3.30. The Kier molecular flexibility index (Phi) is 41.1. The lowest BCUT2D eigenvalue weighted by atomic mass is 9.99. The van der Waals surface area contributed by atoms with Crippen LogP contribution in [0.25, 0.3) is 0 Å². The Morgan fingerprint density at radius 2 is 0.922 bits per heavy atom. The smallest absolute Gasteiger partial charge is 0.306 e. The van der Waals surface area contributed by atoms with E-state index in [9.17, 15) is 30.0 Å². The molecule has 0 radical (unpaired) electrons. The molecule has 0 amide bonds. The molecule has 1 heterocycles. The van der Waals surface area contributed by atoms with Gasteiger partial charge in [0, 0.05) is 12.8 Å². The second-order valence-electron chi connectivity index (χ2n) is 17.6. The number of carbonyl (C=O) groups is 2. The van der Waals surface area contributed by atoms with Gasteiger partial charge in [0.1, 0.15) is 31.0 Å². The molecule has 0 aliphatic carbocycles. The summed E-state index contributed by atoms with van der Waals surface area (Å²) in [7, 11) is 0. The first-order chi connectivity index (χ1) is 31.3. The zero-order valence-electron chi connectivity index (χ0n) is 40.5. The van der Waals surface area contributed by atoms with E-state index in [0.29, 0.717) is 6.42 Å². The molecule has 2 unspecified atom stereocenters. The topological polar surface area (TPSA) is 152 Å². The minimum absolute atomic E-state index is 0.190. The zero-order chi connectivity index (χ0) is 46.6. The van der Waals surface area contributed by atoms with Crippen LogP contribution in [0.5, 0.6) is 0 Å². The van der Waals surface area contributed by atoms with E-state index in [1.807, 2.05) is 0 Å². The van der Waals surface area contributed by atoms with Gasteiger partial charge in [0.2, 0.25) is 0 Å². The number of ether oxygens (including phenoxy) is 4. The van der Waals surface area contributed by atoms with E-state index in [0.717, 1.165) is 70.6 Å². The maximum Gasteiger partial charge on any atom is 0.306 e. The van der Waals surface area contributed by atoms with Gasteiger partial charge < -0.3 is 39.4 Å². The number of allylic oxidation sites excluding steroid dienone is 10. The average molecular weight is 903 g/mol. The lowest BCUT2D eigenvalue weighted by Crippen LogP contribution is -2.59. The average Bonchev–Trinajstić information content (AvgIpc) is 3.29. The van der Waals surface area contributed by atoms with Gasteiger partial charge in [-0.25, -0.2) is 0 Å². The number of carbonyl (C=O) groups excluding carboxylic acids is 2. The number of aliphatic hydroxyl groups excluding tert-OH is 4. The molecule has 0 saturated carbocycles. The highest BCUT2D eigenvalue weighted by molar-refractivity contribution is 5.70. The molecule has 1 saturated heterocycles. The van der Waals surface area contributed by atoms with Gasteiger partial charge in [-0.15, -0.1) is 0 Å². The summed E-state index contributed by atoms with van der Waals surface area (Å²) in [4.78, 5) is 25.5. The van der Waals surface area contributed by atoms with Crippen molar-refractivity contribution in [2.45, 2.75) is 250 Å². The van der Waals surface area contributed by atoms with Gasteiger partial charge in [-0.1, -0.05) is 203 Å². The van der Waals surface area contributed by atoms with Crippen molar-refractivity contribution < 1.29 is 49.0 Å². The van der Waals surface area contributed by atoms with E-state index in [1.165, 1.54) is 109 Å². The Balaban J connectivity index is 2.28. The van der Waals surface area contributed by atoms with Crippen molar-refractivity contribution in [2.75, 3.05) is 19.8 Å². The molecule has 6 atom stereocenters. The lowest BCUT2D eigenvalue weighted by Gasteiger charge is -2.39. The van der Waals surface area contributed by atoms with E-state index in [1.54, 1.807) is 0 Å². The number of rotatable bonds is 43. The highest BCUT2D eigenvalue weighted by Crippen LogP contribution is 2.23. The summed E-state index contributed by atoms with van der Waals surface area (Å²) in [6, 6.07) is 0. The quantitative estimate of drug-likeness (QED) is 0.0264. The molecule has 0 bridgehead atoms. The molecule has 0 aromatic rings. The molecule has 10 heteroatoms. The first-order valence-corrected chi connectivity index (χ1v) is 25.9. The molecule has 4 N–H and O–H groups in total. The Morgan fingerprint density at radius 3 is 1.39 bits per heavy atom. The Morgan fingerprint density at radius 1 is 0.500 bits per heavy atom. The van der Waals surface area contributed by atoms with Crippen LogP contribution in [0.4, 0.5) is 0 Å². The van der Waals surface area contributed by atoms with Gasteiger partial charge in [0.25, 0.3) is 0 Å². The van der Waals surface area contributed by atoms with Crippen LogP contribution >= 0.6 is 0 Å². The molecule has 10 nitrogen and oxygen atoms in total. The van der Waals surface area contributed by atoms with Gasteiger partial charge in [-0.3, -0.25) is 9.59 Å². The standard InChI is InChI=1S/C54H94O10/c1-3-5-7-9-11-13-15-17-19-21-23-25-26-28-30-32-34-36-38-40-42-49(56)61-45-47(46-62-54-53(60)52(59)51(58)48(44-55)64-54)63-50(57)43-41-39-37-35-33-31-29-27-24-22-20-18-16-14-12-10-8-6-4-2/h6,8,12,14,18,20,24,27,31,33,47-48,51-55,58-60H,3-5,7,9-11,13,15-17,19,21-23,25-26,28-30,32,34-46H2,1-2H3/b8-6+,14-12+,20-18+,27-24+,33-31+/t47-,48-,51+,52?,53?,54-/m0/s1. The van der Waals surface area contributed by atoms with Crippen LogP contribution in [-0.2, 0) is 28.5 Å². The van der Waals surface area contributed by atoms with Crippen molar-refractivity contribution in [3.8, 4) is 0 Å². The predicted octanol–water partition coefficient (Wildman–Crippen LogP) is 12.2. The molecule has 370 valence electrons. The molecule has 64 heavy (non-hydrogen) atoms. The first kappa shape index (κ1) is 59.4. The number of hydrogen-bond acceptors (Lipinski definition) is 10. The Labute approximate surface area is 390 Å². The summed E-state index contributed by atoms with van der Waals surface area (Å²) in [6.07, 6.45) is 48.0. The summed E-state index contributed by atoms with van der Waals surface area (Å²) in [5, 5.41) is 40.2. The number of unbranched alkanes of at least 4 members (excludes halogenated alkanes) is 22. The molecule has 1 aliphatic rings. The van der Waals surface area contributed by atoms with Crippen LogP contribution in [0.1, 0.15) is 213 Å². The van der Waals surface area contributed by atoms with Crippen LogP contribution < -0.4 is 0 Å². The van der Waals surface area contributed by atoms with Crippen molar-refractivity contribution in [2.24, 2.45) is 0 Å². The molecular formula is C54H94O10. The zero-order valence-corrected chi connectivity index (χ0v) is 40.5. The molecule has 0 aromatic carbocycles. The van der Waals surface area contributed by atoms with Gasteiger partial charge in [-0.05, 0) is 57.8 Å². The van der Waals surface area contributed by atoms with Crippen molar-refractivity contribution in [3.63, 3.8) is 0 Å². The summed E-state index contributed by atoms with van der Waals surface area (Å²) >= 11 is 0. The second-order valence-corrected chi connectivity index (χ2v) is 17.6. The SMILES string of the molecule is CC/C=C/C/C=C/C/C=C/C/C=C/C/C=C/CCCCCC(=O)O[C@@H](COC(=O)CCCCCCCCCCCCCCCCCCCCCC)CO[C@H]1O[C@@H](CO)[C@@H](O)C(O)C1O. The highest BCUT2D eigenvalue weighted by Gasteiger charge is 2.44. The van der Waals surface area contributed by atoms with Gasteiger partial charge in [-0.2, -0.15) is 0 Å². The van der Waals surface area contributed by atoms with Crippen LogP contribution in [0, 0.1) is 0 Å².